The Balaban J connectivity index is 2.41. The summed E-state index contributed by atoms with van der Waals surface area (Å²) in [6.07, 6.45) is 1.86. The number of nitrogens with one attached hydrogen (secondary N) is 1. The van der Waals surface area contributed by atoms with Crippen molar-refractivity contribution < 1.29 is 0 Å². The second kappa shape index (κ2) is 4.49. The van der Waals surface area contributed by atoms with Gasteiger partial charge in [-0.25, -0.2) is 20.0 Å². The lowest BCUT2D eigenvalue weighted by molar-refractivity contribution is 0.473. The Morgan fingerprint density at radius 1 is 1.12 bits per heavy atom. The van der Waals surface area contributed by atoms with Gasteiger partial charge in [0.15, 0.2) is 0 Å². The van der Waals surface area contributed by atoms with E-state index in [-0.39, 0.29) is 0 Å². The third kappa shape index (κ3) is 2.07. The molecule has 0 bridgehead atoms. The minimum absolute atomic E-state index is 0.697. The number of hydrogen-bond acceptors (Lipinski definition) is 5. The minimum atomic E-state index is -0.697. The Hall–Kier alpha value is -1.36. The summed E-state index contributed by atoms with van der Waals surface area (Å²) in [5.41, 5.74) is 1.77. The fourth-order valence-electron chi connectivity index (χ4n) is 2.06. The fourth-order valence-corrected chi connectivity index (χ4v) is 2.06. The van der Waals surface area contributed by atoms with Gasteiger partial charge in [0.05, 0.1) is 5.71 Å². The van der Waals surface area contributed by atoms with E-state index in [1.807, 2.05) is 13.8 Å². The number of amidine groups is 2. The predicted octanol–water partition coefficient (Wildman–Crippen LogP) is 1.80. The molecule has 0 saturated heterocycles. The molecule has 0 radical (unpaired) electrons. The van der Waals surface area contributed by atoms with E-state index in [1.165, 1.54) is 0 Å². The van der Waals surface area contributed by atoms with Crippen molar-refractivity contribution in [2.45, 2.75) is 46.3 Å². The van der Waals surface area contributed by atoms with Crippen molar-refractivity contribution in [3.05, 3.63) is 0 Å². The fraction of sp³-hybridized carbons (Fsp3) is 0.667. The average molecular weight is 233 g/mol. The van der Waals surface area contributed by atoms with Crippen LogP contribution in [-0.4, -0.2) is 35.4 Å². The van der Waals surface area contributed by atoms with Gasteiger partial charge in [-0.15, -0.1) is 0 Å². The Morgan fingerprint density at radius 3 is 2.53 bits per heavy atom. The first-order chi connectivity index (χ1) is 8.11. The van der Waals surface area contributed by atoms with Crippen LogP contribution in [-0.2, 0) is 0 Å². The molecule has 17 heavy (non-hydrogen) atoms. The van der Waals surface area contributed by atoms with Gasteiger partial charge in [0, 0.05) is 6.42 Å². The molecule has 5 nitrogen and oxygen atoms in total. The van der Waals surface area contributed by atoms with Gasteiger partial charge >= 0.3 is 0 Å². The maximum Gasteiger partial charge on any atom is 0.254 e. The van der Waals surface area contributed by atoms with Crippen molar-refractivity contribution >= 4 is 23.1 Å². The topological polar surface area (TPSA) is 61.5 Å². The third-order valence-electron chi connectivity index (χ3n) is 2.80. The Bertz CT molecular complexity index is 444. The van der Waals surface area contributed by atoms with Crippen LogP contribution in [0.25, 0.3) is 0 Å². The first-order valence-electron chi connectivity index (χ1n) is 6.16. The zero-order chi connectivity index (χ0) is 12.5. The lowest BCUT2D eigenvalue weighted by Gasteiger charge is -2.27. The van der Waals surface area contributed by atoms with Crippen molar-refractivity contribution in [1.29, 1.82) is 0 Å². The van der Waals surface area contributed by atoms with E-state index < -0.39 is 5.79 Å². The molecule has 0 saturated carbocycles. The van der Waals surface area contributed by atoms with Crippen molar-refractivity contribution in [2.24, 2.45) is 20.0 Å². The predicted molar refractivity (Wildman–Crippen MR) is 72.4 cm³/mol. The van der Waals surface area contributed by atoms with E-state index >= 15 is 0 Å². The van der Waals surface area contributed by atoms with Crippen molar-refractivity contribution in [3.8, 4) is 0 Å². The second-order valence-corrected chi connectivity index (χ2v) is 4.30. The molecule has 1 unspecified atom stereocenters. The van der Waals surface area contributed by atoms with E-state index in [1.54, 1.807) is 0 Å². The maximum atomic E-state index is 4.63. The molecule has 0 spiro atoms. The average Bonchev–Trinajstić information content (AvgIpc) is 2.66. The van der Waals surface area contributed by atoms with E-state index in [2.05, 4.69) is 39.1 Å². The highest BCUT2D eigenvalue weighted by molar-refractivity contribution is 6.49. The van der Waals surface area contributed by atoms with E-state index in [4.69, 9.17) is 0 Å². The first-order valence-corrected chi connectivity index (χ1v) is 6.16. The summed E-state index contributed by atoms with van der Waals surface area (Å²) in [4.78, 5) is 18.1. The Morgan fingerprint density at radius 2 is 1.88 bits per heavy atom. The molecule has 0 aromatic carbocycles. The monoisotopic (exact) mass is 233 g/mol. The Labute approximate surface area is 102 Å². The van der Waals surface area contributed by atoms with Gasteiger partial charge in [0.2, 0.25) is 0 Å². The van der Waals surface area contributed by atoms with E-state index in [0.717, 1.165) is 42.5 Å². The van der Waals surface area contributed by atoms with Crippen LogP contribution in [0, 0.1) is 0 Å². The van der Waals surface area contributed by atoms with Gasteiger partial charge < -0.3 is 0 Å². The van der Waals surface area contributed by atoms with E-state index in [9.17, 15) is 0 Å². The summed E-state index contributed by atoms with van der Waals surface area (Å²) in [6, 6.07) is 0. The number of fused-ring (bicyclic) bond motifs is 1. The van der Waals surface area contributed by atoms with Crippen LogP contribution < -0.4 is 5.32 Å². The Kier molecular flexibility index (Phi) is 3.19. The van der Waals surface area contributed by atoms with Gasteiger partial charge in [-0.2, -0.15) is 0 Å². The molecular weight excluding hydrogens is 214 g/mol. The molecule has 0 aromatic heterocycles. The molecule has 0 aromatic rings. The molecule has 5 heteroatoms. The summed E-state index contributed by atoms with van der Waals surface area (Å²) in [5.74, 6) is 0.903. The van der Waals surface area contributed by atoms with Gasteiger partial charge in [0.1, 0.15) is 17.4 Å². The van der Waals surface area contributed by atoms with Gasteiger partial charge in [-0.05, 0) is 26.8 Å². The van der Waals surface area contributed by atoms with Crippen molar-refractivity contribution in [2.75, 3.05) is 6.54 Å². The number of rotatable bonds is 4. The van der Waals surface area contributed by atoms with Gasteiger partial charge in [0.25, 0.3) is 5.79 Å². The van der Waals surface area contributed by atoms with Crippen LogP contribution >= 0.6 is 0 Å². The summed E-state index contributed by atoms with van der Waals surface area (Å²) in [6.45, 7) is 8.91. The smallest absolute Gasteiger partial charge is 0.254 e. The van der Waals surface area contributed by atoms with Crippen LogP contribution in [0.3, 0.4) is 0 Å². The van der Waals surface area contributed by atoms with Crippen LogP contribution in [0.15, 0.2) is 20.0 Å². The standard InChI is InChI=1S/C12H19N5/c1-5-7-13-12-11(15-10(6-2)17-12)8(3)14-9(4)16-12/h13H,5-7H2,1-4H3. The normalized spacial score (nSPS) is 27.1. The zero-order valence-electron chi connectivity index (χ0n) is 10.9. The van der Waals surface area contributed by atoms with E-state index in [0.29, 0.717) is 0 Å². The maximum absolute atomic E-state index is 4.63. The van der Waals surface area contributed by atoms with Crippen molar-refractivity contribution in [3.63, 3.8) is 0 Å². The molecule has 2 rings (SSSR count). The van der Waals surface area contributed by atoms with Gasteiger partial charge in [-0.1, -0.05) is 13.8 Å². The number of aliphatic imine (C=N–C) groups is 4. The zero-order valence-corrected chi connectivity index (χ0v) is 10.9. The lowest BCUT2D eigenvalue weighted by Crippen LogP contribution is -2.52. The first kappa shape index (κ1) is 12.1. The highest BCUT2D eigenvalue weighted by atomic mass is 15.4. The SMILES string of the molecule is CCCNC12N=C(C)N=C(C)C1=NC(CC)=N2. The van der Waals surface area contributed by atoms with Gasteiger partial charge in [-0.3, -0.25) is 5.32 Å². The quantitative estimate of drug-likeness (QED) is 0.790. The number of hydrogen-bond donors (Lipinski definition) is 1. The summed E-state index contributed by atoms with van der Waals surface area (Å²) in [7, 11) is 0. The van der Waals surface area contributed by atoms with Crippen LogP contribution in [0.1, 0.15) is 40.5 Å². The molecule has 92 valence electrons. The highest BCUT2D eigenvalue weighted by Gasteiger charge is 2.42. The molecule has 0 amide bonds. The number of nitrogens with zero attached hydrogens (tertiary/aromatic N) is 4. The summed E-state index contributed by atoms with van der Waals surface area (Å²) in [5, 5.41) is 3.39. The molecule has 0 fully saturated rings. The lowest BCUT2D eigenvalue weighted by atomic mass is 10.1. The molecule has 2 aliphatic heterocycles. The van der Waals surface area contributed by atoms with Crippen molar-refractivity contribution in [1.82, 2.24) is 5.32 Å². The molecule has 0 aliphatic carbocycles. The van der Waals surface area contributed by atoms with Crippen LogP contribution in [0.2, 0.25) is 0 Å². The second-order valence-electron chi connectivity index (χ2n) is 4.30. The molecule has 1 N–H and O–H groups in total. The third-order valence-corrected chi connectivity index (χ3v) is 2.80. The van der Waals surface area contributed by atoms with Crippen LogP contribution in [0.4, 0.5) is 0 Å². The summed E-state index contributed by atoms with van der Waals surface area (Å²) < 4.78 is 0. The minimum Gasteiger partial charge on any atom is -0.269 e. The molecule has 2 heterocycles. The van der Waals surface area contributed by atoms with Crippen LogP contribution in [0.5, 0.6) is 0 Å². The largest absolute Gasteiger partial charge is 0.269 e. The molecular formula is C12H19N5. The summed E-state index contributed by atoms with van der Waals surface area (Å²) >= 11 is 0. The highest BCUT2D eigenvalue weighted by Crippen LogP contribution is 2.24. The molecule has 1 atom stereocenters. The molecule has 2 aliphatic rings.